The number of amides is 4. The molecule has 0 aliphatic rings. The maximum atomic E-state index is 12.2. The number of aryl methyl sites for hydroxylation is 2. The van der Waals surface area contributed by atoms with Crippen molar-refractivity contribution in [1.29, 1.82) is 0 Å². The van der Waals surface area contributed by atoms with Crippen LogP contribution in [-0.2, 0) is 11.2 Å². The Balaban J connectivity index is 0.000000219. The number of nitrogens with one attached hydrogen (secondary N) is 4. The smallest absolute Gasteiger partial charge is 0.287 e. The number of hydrogen-bond donors (Lipinski definition) is 6. The summed E-state index contributed by atoms with van der Waals surface area (Å²) >= 11 is 0. The highest BCUT2D eigenvalue weighted by molar-refractivity contribution is 5.94. The van der Waals surface area contributed by atoms with E-state index in [1.54, 1.807) is 43.3 Å². The molecule has 4 amide bonds. The Morgan fingerprint density at radius 3 is 1.65 bits per heavy atom. The molecule has 0 saturated carbocycles. The standard InChI is InChI=1S/C22H24N4O4.C20H21N3O4/c23-18(13-15-6-4-9-17(27)12-15)21(28)24-10-5-11-25-22(29)19-14-20(30-26-19)16-7-2-1-3-8-16;1-13-11-14(2)26-18(13)20(25)22-10-6-9-21-19(24)16-12-17(27-23-16)15-7-4-3-5-8-15/h1-4,6-9,12,14,18,27H,5,10-11,13,23H2,(H,24,28)(H,25,29);3-5,7-8,11-12H,6,9-10H2,1-2H3,(H,21,24)(H,22,25)/t18-;/m0./s1. The molecule has 7 N–H and O–H groups in total. The first-order valence-electron chi connectivity index (χ1n) is 18.3. The number of benzene rings is 3. The second-order valence-corrected chi connectivity index (χ2v) is 13.0. The third-order valence-electron chi connectivity index (χ3n) is 8.42. The number of hydrogen-bond acceptors (Lipinski definition) is 11. The van der Waals surface area contributed by atoms with Crippen molar-refractivity contribution in [3.63, 3.8) is 0 Å². The highest BCUT2D eigenvalue weighted by Gasteiger charge is 2.17. The van der Waals surface area contributed by atoms with Gasteiger partial charge in [0.05, 0.1) is 6.04 Å². The molecule has 0 unspecified atom stereocenters. The molecule has 0 spiro atoms. The first-order valence-corrected chi connectivity index (χ1v) is 18.3. The molecule has 15 nitrogen and oxygen atoms in total. The normalized spacial score (nSPS) is 11.1. The third kappa shape index (κ3) is 12.5. The first-order chi connectivity index (χ1) is 27.6. The molecule has 6 rings (SSSR count). The lowest BCUT2D eigenvalue weighted by molar-refractivity contribution is -0.122. The zero-order valence-electron chi connectivity index (χ0n) is 31.6. The zero-order valence-corrected chi connectivity index (χ0v) is 31.6. The van der Waals surface area contributed by atoms with Crippen LogP contribution in [0, 0.1) is 13.8 Å². The van der Waals surface area contributed by atoms with Gasteiger partial charge in [-0.15, -0.1) is 0 Å². The van der Waals surface area contributed by atoms with E-state index >= 15 is 0 Å². The van der Waals surface area contributed by atoms with E-state index in [9.17, 15) is 24.3 Å². The Labute approximate surface area is 329 Å². The molecule has 296 valence electrons. The summed E-state index contributed by atoms with van der Waals surface area (Å²) in [6.07, 6.45) is 1.45. The molecule has 6 aromatic rings. The summed E-state index contributed by atoms with van der Waals surface area (Å²) in [5.74, 6) is 1.03. The predicted molar refractivity (Wildman–Crippen MR) is 211 cm³/mol. The van der Waals surface area contributed by atoms with Crippen molar-refractivity contribution in [3.8, 4) is 28.4 Å². The summed E-state index contributed by atoms with van der Waals surface area (Å²) in [7, 11) is 0. The van der Waals surface area contributed by atoms with E-state index in [-0.39, 0.29) is 40.8 Å². The van der Waals surface area contributed by atoms with Crippen molar-refractivity contribution in [2.24, 2.45) is 5.73 Å². The molecule has 3 aromatic carbocycles. The SMILES string of the molecule is Cc1cc(C)c(C(=O)NCCCNC(=O)c2cc(-c3ccccc3)on2)o1.N[C@@H](Cc1cccc(O)c1)C(=O)NCCCNC(=O)c1cc(-c2ccccc2)on1. The van der Waals surface area contributed by atoms with Gasteiger partial charge < -0.3 is 45.6 Å². The van der Waals surface area contributed by atoms with Crippen LogP contribution < -0.4 is 27.0 Å². The topological polar surface area (TPSA) is 228 Å². The van der Waals surface area contributed by atoms with Gasteiger partial charge in [-0.25, -0.2) is 0 Å². The minimum atomic E-state index is -0.715. The minimum absolute atomic E-state index is 0.138. The van der Waals surface area contributed by atoms with Crippen molar-refractivity contribution in [2.75, 3.05) is 26.2 Å². The molecule has 57 heavy (non-hydrogen) atoms. The predicted octanol–water partition coefficient (Wildman–Crippen LogP) is 4.95. The third-order valence-corrected chi connectivity index (χ3v) is 8.42. The molecule has 1 atom stereocenters. The van der Waals surface area contributed by atoms with Crippen LogP contribution in [0.4, 0.5) is 0 Å². The number of nitrogens with zero attached hydrogens (tertiary/aromatic N) is 2. The van der Waals surface area contributed by atoms with Crippen LogP contribution in [0.15, 0.2) is 117 Å². The van der Waals surface area contributed by atoms with Crippen molar-refractivity contribution in [3.05, 3.63) is 137 Å². The number of aromatic nitrogens is 2. The lowest BCUT2D eigenvalue weighted by atomic mass is 10.1. The highest BCUT2D eigenvalue weighted by atomic mass is 16.5. The second kappa shape index (κ2) is 20.6. The van der Waals surface area contributed by atoms with E-state index < -0.39 is 6.04 Å². The van der Waals surface area contributed by atoms with Gasteiger partial charge in [0, 0.05) is 55.0 Å². The lowest BCUT2D eigenvalue weighted by Gasteiger charge is -2.12. The fraction of sp³-hybridized carbons (Fsp3) is 0.238. The number of carbonyl (C=O) groups is 4. The molecular formula is C42H45N7O8. The maximum absolute atomic E-state index is 12.2. The van der Waals surface area contributed by atoms with Crippen molar-refractivity contribution in [1.82, 2.24) is 31.6 Å². The van der Waals surface area contributed by atoms with Crippen LogP contribution in [0.2, 0.25) is 0 Å². The van der Waals surface area contributed by atoms with Crippen LogP contribution in [0.5, 0.6) is 5.75 Å². The maximum Gasteiger partial charge on any atom is 0.287 e. The second-order valence-electron chi connectivity index (χ2n) is 13.0. The van der Waals surface area contributed by atoms with E-state index in [0.29, 0.717) is 68.5 Å². The van der Waals surface area contributed by atoms with Gasteiger partial charge in [0.1, 0.15) is 11.5 Å². The van der Waals surface area contributed by atoms with E-state index in [1.165, 1.54) is 0 Å². The molecule has 15 heteroatoms. The molecule has 0 fully saturated rings. The van der Waals surface area contributed by atoms with Crippen molar-refractivity contribution >= 4 is 23.6 Å². The van der Waals surface area contributed by atoms with Crippen LogP contribution in [0.1, 0.15) is 61.3 Å². The number of rotatable bonds is 16. The van der Waals surface area contributed by atoms with Gasteiger partial charge in [0.2, 0.25) is 5.91 Å². The van der Waals surface area contributed by atoms with Gasteiger partial charge in [-0.3, -0.25) is 19.2 Å². The Morgan fingerprint density at radius 1 is 0.649 bits per heavy atom. The molecule has 3 heterocycles. The average Bonchev–Trinajstić information content (AvgIpc) is 3.99. The monoisotopic (exact) mass is 775 g/mol. The van der Waals surface area contributed by atoms with Gasteiger partial charge >= 0.3 is 0 Å². The summed E-state index contributed by atoms with van der Waals surface area (Å²) in [5, 5.41) is 28.1. The van der Waals surface area contributed by atoms with Crippen molar-refractivity contribution < 1.29 is 37.7 Å². The van der Waals surface area contributed by atoms with E-state index in [0.717, 1.165) is 22.3 Å². The molecule has 0 aliphatic heterocycles. The Morgan fingerprint density at radius 2 is 1.16 bits per heavy atom. The molecule has 0 radical (unpaired) electrons. The minimum Gasteiger partial charge on any atom is -0.508 e. The van der Waals surface area contributed by atoms with E-state index in [1.807, 2.05) is 73.7 Å². The van der Waals surface area contributed by atoms with Gasteiger partial charge in [0.25, 0.3) is 17.7 Å². The Kier molecular flexibility index (Phi) is 14.9. The van der Waals surface area contributed by atoms with Gasteiger partial charge in [-0.2, -0.15) is 0 Å². The number of furan rings is 1. The summed E-state index contributed by atoms with van der Waals surface area (Å²) < 4.78 is 15.8. The van der Waals surface area contributed by atoms with Gasteiger partial charge in [0.15, 0.2) is 28.7 Å². The zero-order chi connectivity index (χ0) is 40.6. The van der Waals surface area contributed by atoms with Crippen molar-refractivity contribution in [2.45, 2.75) is 39.2 Å². The van der Waals surface area contributed by atoms with E-state index in [2.05, 4.69) is 31.6 Å². The fourth-order valence-electron chi connectivity index (χ4n) is 5.52. The van der Waals surface area contributed by atoms with Crippen LogP contribution in [0.25, 0.3) is 22.6 Å². The van der Waals surface area contributed by atoms with Gasteiger partial charge in [-0.1, -0.05) is 83.1 Å². The number of carbonyl (C=O) groups excluding carboxylic acids is 4. The largest absolute Gasteiger partial charge is 0.508 e. The number of nitrogens with two attached hydrogens (primary N) is 1. The molecule has 0 aliphatic carbocycles. The first kappa shape index (κ1) is 41.2. The van der Waals surface area contributed by atoms with Crippen LogP contribution >= 0.6 is 0 Å². The fourth-order valence-corrected chi connectivity index (χ4v) is 5.52. The molecular weight excluding hydrogens is 731 g/mol. The van der Waals surface area contributed by atoms with Crippen LogP contribution in [0.3, 0.4) is 0 Å². The summed E-state index contributed by atoms with van der Waals surface area (Å²) in [6, 6.07) is 29.8. The average molecular weight is 776 g/mol. The lowest BCUT2D eigenvalue weighted by Crippen LogP contribution is -2.42. The Bertz CT molecular complexity index is 2230. The number of aromatic hydroxyl groups is 1. The number of phenolic OH excluding ortho intramolecular Hbond substituents is 1. The molecule has 0 saturated heterocycles. The van der Waals surface area contributed by atoms with E-state index in [4.69, 9.17) is 19.2 Å². The molecule has 3 aromatic heterocycles. The Hall–Kier alpha value is -7.00. The molecule has 0 bridgehead atoms. The highest BCUT2D eigenvalue weighted by Crippen LogP contribution is 2.21. The van der Waals surface area contributed by atoms with Gasteiger partial charge in [-0.05, 0) is 56.9 Å². The van der Waals surface area contributed by atoms with Crippen LogP contribution in [-0.4, -0.2) is 71.3 Å². The number of phenols is 1. The summed E-state index contributed by atoms with van der Waals surface area (Å²) in [4.78, 5) is 48.4. The summed E-state index contributed by atoms with van der Waals surface area (Å²) in [5.41, 5.74) is 9.62. The quantitative estimate of drug-likeness (QED) is 0.0721. The summed E-state index contributed by atoms with van der Waals surface area (Å²) in [6.45, 7) is 5.20.